The number of ether oxygens (including phenoxy) is 2. The zero-order valence-electron chi connectivity index (χ0n) is 13.4. The van der Waals surface area contributed by atoms with E-state index in [9.17, 15) is 14.7 Å². The molecule has 0 aromatic carbocycles. The highest BCUT2D eigenvalue weighted by Crippen LogP contribution is 2.24. The van der Waals surface area contributed by atoms with Gasteiger partial charge in [-0.05, 0) is 40.0 Å². The Hall–Kier alpha value is -1.30. The Balaban J connectivity index is 2.91. The predicted molar refractivity (Wildman–Crippen MR) is 78.2 cm³/mol. The molecular weight excluding hydrogens is 274 g/mol. The minimum atomic E-state index is -0.996. The van der Waals surface area contributed by atoms with Gasteiger partial charge in [0.1, 0.15) is 11.6 Å². The maximum absolute atomic E-state index is 12.3. The molecule has 0 radical (unpaired) electrons. The van der Waals surface area contributed by atoms with Crippen molar-refractivity contribution in [3.8, 4) is 0 Å². The van der Waals surface area contributed by atoms with E-state index in [2.05, 4.69) is 0 Å². The van der Waals surface area contributed by atoms with E-state index >= 15 is 0 Å². The molecule has 1 N–H and O–H groups in total. The first-order valence-electron chi connectivity index (χ1n) is 7.56. The van der Waals surface area contributed by atoms with Gasteiger partial charge in [-0.1, -0.05) is 6.92 Å². The average molecular weight is 301 g/mol. The number of hydrogen-bond donors (Lipinski definition) is 1. The third kappa shape index (κ3) is 5.53. The van der Waals surface area contributed by atoms with Crippen LogP contribution in [0.25, 0.3) is 0 Å². The number of carboxylic acid groups (broad SMARTS) is 1. The van der Waals surface area contributed by atoms with Crippen LogP contribution in [-0.2, 0) is 14.3 Å². The van der Waals surface area contributed by atoms with Gasteiger partial charge in [0.05, 0.1) is 6.61 Å². The Labute approximate surface area is 126 Å². The van der Waals surface area contributed by atoms with Crippen LogP contribution in [-0.4, -0.2) is 53.5 Å². The summed E-state index contributed by atoms with van der Waals surface area (Å²) in [6.45, 7) is 8.62. The van der Waals surface area contributed by atoms with Crippen molar-refractivity contribution in [2.75, 3.05) is 19.8 Å². The third-order valence-electron chi connectivity index (χ3n) is 3.32. The molecule has 0 aliphatic carbocycles. The van der Waals surface area contributed by atoms with E-state index in [0.29, 0.717) is 26.2 Å². The molecule has 1 rings (SSSR count). The van der Waals surface area contributed by atoms with Crippen LogP contribution in [0.5, 0.6) is 0 Å². The molecule has 21 heavy (non-hydrogen) atoms. The standard InChI is InChI=1S/C15H27NO5/c1-5-8-16(14(19)21-15(2,3)4)12(13(17)18)11-7-6-9-20-10-11/h11-12H,5-10H2,1-4H3,(H,17,18). The highest BCUT2D eigenvalue weighted by atomic mass is 16.6. The van der Waals surface area contributed by atoms with E-state index in [1.54, 1.807) is 20.8 Å². The number of hydrogen-bond acceptors (Lipinski definition) is 4. The topological polar surface area (TPSA) is 76.1 Å². The van der Waals surface area contributed by atoms with Crippen LogP contribution in [0, 0.1) is 5.92 Å². The molecular formula is C15H27NO5. The molecule has 1 saturated heterocycles. The number of nitrogens with zero attached hydrogens (tertiary/aromatic N) is 1. The monoisotopic (exact) mass is 301 g/mol. The summed E-state index contributed by atoms with van der Waals surface area (Å²) in [5.41, 5.74) is -0.644. The molecule has 1 heterocycles. The average Bonchev–Trinajstić information content (AvgIpc) is 2.37. The Morgan fingerprint density at radius 3 is 2.52 bits per heavy atom. The highest BCUT2D eigenvalue weighted by molar-refractivity contribution is 5.80. The molecule has 0 saturated carbocycles. The van der Waals surface area contributed by atoms with Crippen LogP contribution in [0.4, 0.5) is 4.79 Å². The lowest BCUT2D eigenvalue weighted by atomic mass is 9.92. The summed E-state index contributed by atoms with van der Waals surface area (Å²) in [6, 6.07) is -0.889. The summed E-state index contributed by atoms with van der Waals surface area (Å²) in [7, 11) is 0. The molecule has 0 spiro atoms. The summed E-state index contributed by atoms with van der Waals surface area (Å²) >= 11 is 0. The molecule has 122 valence electrons. The quantitative estimate of drug-likeness (QED) is 0.844. The number of aliphatic carboxylic acids is 1. The maximum atomic E-state index is 12.3. The Morgan fingerprint density at radius 2 is 2.10 bits per heavy atom. The minimum absolute atomic E-state index is 0.185. The van der Waals surface area contributed by atoms with Gasteiger partial charge in [-0.25, -0.2) is 9.59 Å². The van der Waals surface area contributed by atoms with E-state index in [1.165, 1.54) is 4.90 Å². The summed E-state index contributed by atoms with van der Waals surface area (Å²) in [6.07, 6.45) is 1.68. The van der Waals surface area contributed by atoms with Gasteiger partial charge in [0.15, 0.2) is 0 Å². The normalized spacial score (nSPS) is 20.7. The van der Waals surface area contributed by atoms with Crippen molar-refractivity contribution in [1.82, 2.24) is 4.90 Å². The molecule has 0 aromatic heterocycles. The molecule has 6 nitrogen and oxygen atoms in total. The lowest BCUT2D eigenvalue weighted by Gasteiger charge is -2.36. The fourth-order valence-corrected chi connectivity index (χ4v) is 2.51. The maximum Gasteiger partial charge on any atom is 0.411 e. The lowest BCUT2D eigenvalue weighted by Crippen LogP contribution is -2.52. The number of carbonyl (C=O) groups is 2. The number of rotatable bonds is 5. The first kappa shape index (κ1) is 17.8. The first-order valence-corrected chi connectivity index (χ1v) is 7.56. The van der Waals surface area contributed by atoms with Crippen LogP contribution in [0.3, 0.4) is 0 Å². The van der Waals surface area contributed by atoms with E-state index < -0.39 is 23.7 Å². The second-order valence-electron chi connectivity index (χ2n) is 6.43. The molecule has 0 aromatic rings. The zero-order valence-corrected chi connectivity index (χ0v) is 13.4. The van der Waals surface area contributed by atoms with Crippen molar-refractivity contribution in [2.24, 2.45) is 5.92 Å². The largest absolute Gasteiger partial charge is 0.480 e. The van der Waals surface area contributed by atoms with Crippen molar-refractivity contribution in [3.63, 3.8) is 0 Å². The number of carboxylic acids is 1. The van der Waals surface area contributed by atoms with Crippen LogP contribution in [0.2, 0.25) is 0 Å². The lowest BCUT2D eigenvalue weighted by molar-refractivity contribution is -0.147. The summed E-state index contributed by atoms with van der Waals surface area (Å²) in [5.74, 6) is -1.18. The first-order chi connectivity index (χ1) is 9.76. The van der Waals surface area contributed by atoms with E-state index in [-0.39, 0.29) is 5.92 Å². The van der Waals surface area contributed by atoms with Crippen molar-refractivity contribution in [2.45, 2.75) is 58.6 Å². The fraction of sp³-hybridized carbons (Fsp3) is 0.867. The third-order valence-corrected chi connectivity index (χ3v) is 3.32. The predicted octanol–water partition coefficient (Wildman–Crippen LogP) is 2.51. The van der Waals surface area contributed by atoms with Gasteiger partial charge in [-0.3, -0.25) is 4.90 Å². The van der Waals surface area contributed by atoms with Crippen molar-refractivity contribution >= 4 is 12.1 Å². The minimum Gasteiger partial charge on any atom is -0.480 e. The van der Waals surface area contributed by atoms with Gasteiger partial charge >= 0.3 is 12.1 Å². The van der Waals surface area contributed by atoms with Crippen LogP contribution >= 0.6 is 0 Å². The molecule has 0 bridgehead atoms. The molecule has 1 aliphatic heterocycles. The number of carbonyl (C=O) groups excluding carboxylic acids is 1. The van der Waals surface area contributed by atoms with Crippen LogP contribution < -0.4 is 0 Å². The second-order valence-corrected chi connectivity index (χ2v) is 6.43. The summed E-state index contributed by atoms with van der Waals surface area (Å²) < 4.78 is 10.7. The van der Waals surface area contributed by atoms with E-state index in [0.717, 1.165) is 12.8 Å². The van der Waals surface area contributed by atoms with Gasteiger partial charge in [0, 0.05) is 19.1 Å². The highest BCUT2D eigenvalue weighted by Gasteiger charge is 2.38. The van der Waals surface area contributed by atoms with Gasteiger partial charge in [-0.15, -0.1) is 0 Å². The fourth-order valence-electron chi connectivity index (χ4n) is 2.51. The van der Waals surface area contributed by atoms with Crippen molar-refractivity contribution < 1.29 is 24.2 Å². The second kappa shape index (κ2) is 7.64. The van der Waals surface area contributed by atoms with Crippen molar-refractivity contribution in [3.05, 3.63) is 0 Å². The summed E-state index contributed by atoms with van der Waals surface area (Å²) in [5, 5.41) is 9.56. The van der Waals surface area contributed by atoms with Crippen LogP contribution in [0.1, 0.15) is 47.0 Å². The van der Waals surface area contributed by atoms with E-state index in [4.69, 9.17) is 9.47 Å². The Morgan fingerprint density at radius 1 is 1.43 bits per heavy atom. The van der Waals surface area contributed by atoms with Gasteiger partial charge in [0.2, 0.25) is 0 Å². The van der Waals surface area contributed by atoms with Gasteiger partial charge in [0.25, 0.3) is 0 Å². The molecule has 6 heteroatoms. The van der Waals surface area contributed by atoms with Gasteiger partial charge in [-0.2, -0.15) is 0 Å². The molecule has 1 aliphatic rings. The smallest absolute Gasteiger partial charge is 0.411 e. The number of amides is 1. The molecule has 1 amide bonds. The van der Waals surface area contributed by atoms with E-state index in [1.807, 2.05) is 6.92 Å². The van der Waals surface area contributed by atoms with Gasteiger partial charge < -0.3 is 14.6 Å². The van der Waals surface area contributed by atoms with Crippen molar-refractivity contribution in [1.29, 1.82) is 0 Å². The molecule has 2 atom stereocenters. The SMILES string of the molecule is CCCN(C(=O)OC(C)(C)C)C(C(=O)O)C1CCCOC1. The Kier molecular flexibility index (Phi) is 6.45. The zero-order chi connectivity index (χ0) is 16.0. The summed E-state index contributed by atoms with van der Waals surface area (Å²) in [4.78, 5) is 25.4. The Bertz CT molecular complexity index is 358. The van der Waals surface area contributed by atoms with Crippen LogP contribution in [0.15, 0.2) is 0 Å². The molecule has 2 unspecified atom stereocenters. The molecule has 1 fully saturated rings.